The molecule has 0 atom stereocenters. The lowest BCUT2D eigenvalue weighted by molar-refractivity contribution is -0.138. The Morgan fingerprint density at radius 1 is 1.16 bits per heavy atom. The van der Waals surface area contributed by atoms with Gasteiger partial charge in [-0.05, 0) is 30.0 Å². The third kappa shape index (κ3) is 5.22. The molecule has 0 radical (unpaired) electrons. The number of piperazine rings is 1. The van der Waals surface area contributed by atoms with Crippen molar-refractivity contribution in [1.82, 2.24) is 20.0 Å². The standard InChI is InChI=1S/C20H20F3N5O2S/c21-20(22,23)14-6-7-16(24-13-14)27-8-10-28(11-9-27)18(29)5-1-4-17-25-19(26-30-17)15-3-2-12-31-15/h2-3,6-7,12-13H,1,4-5,8-11H2. The summed E-state index contributed by atoms with van der Waals surface area (Å²) in [6.07, 6.45) is -2.06. The summed E-state index contributed by atoms with van der Waals surface area (Å²) in [6.45, 7) is 2.06. The number of pyridine rings is 1. The zero-order valence-electron chi connectivity index (χ0n) is 16.5. The molecular weight excluding hydrogens is 431 g/mol. The highest BCUT2D eigenvalue weighted by molar-refractivity contribution is 7.13. The third-order valence-electron chi connectivity index (χ3n) is 5.02. The highest BCUT2D eigenvalue weighted by atomic mass is 32.1. The second kappa shape index (κ2) is 9.04. The number of anilines is 1. The molecule has 0 bridgehead atoms. The zero-order valence-corrected chi connectivity index (χ0v) is 17.3. The van der Waals surface area contributed by atoms with Crippen molar-refractivity contribution in [2.75, 3.05) is 31.1 Å². The van der Waals surface area contributed by atoms with E-state index in [0.29, 0.717) is 63.0 Å². The Morgan fingerprint density at radius 3 is 2.61 bits per heavy atom. The van der Waals surface area contributed by atoms with Gasteiger partial charge in [-0.15, -0.1) is 11.3 Å². The molecule has 1 aliphatic rings. The predicted octanol–water partition coefficient (Wildman–Crippen LogP) is 3.88. The summed E-state index contributed by atoms with van der Waals surface area (Å²) in [7, 11) is 0. The number of hydrogen-bond donors (Lipinski definition) is 0. The molecule has 3 aromatic heterocycles. The Kier molecular flexibility index (Phi) is 6.21. The maximum Gasteiger partial charge on any atom is 0.417 e. The molecule has 164 valence electrons. The Hall–Kier alpha value is -2.95. The van der Waals surface area contributed by atoms with E-state index in [0.717, 1.165) is 17.1 Å². The van der Waals surface area contributed by atoms with E-state index in [9.17, 15) is 18.0 Å². The van der Waals surface area contributed by atoms with E-state index in [2.05, 4.69) is 15.1 Å². The molecule has 4 heterocycles. The van der Waals surface area contributed by atoms with Crippen LogP contribution in [0.2, 0.25) is 0 Å². The van der Waals surface area contributed by atoms with Gasteiger partial charge >= 0.3 is 6.18 Å². The quantitative estimate of drug-likeness (QED) is 0.566. The van der Waals surface area contributed by atoms with Gasteiger partial charge in [0.1, 0.15) is 5.82 Å². The lowest BCUT2D eigenvalue weighted by Crippen LogP contribution is -2.49. The molecule has 1 saturated heterocycles. The van der Waals surface area contributed by atoms with Crippen LogP contribution in [0, 0.1) is 0 Å². The van der Waals surface area contributed by atoms with Crippen LogP contribution in [0.4, 0.5) is 19.0 Å². The molecule has 1 amide bonds. The molecule has 0 N–H and O–H groups in total. The van der Waals surface area contributed by atoms with Crippen molar-refractivity contribution in [2.45, 2.75) is 25.4 Å². The van der Waals surface area contributed by atoms with Gasteiger partial charge in [-0.25, -0.2) is 4.98 Å². The Balaban J connectivity index is 1.21. The van der Waals surface area contributed by atoms with Gasteiger partial charge in [0.2, 0.25) is 17.6 Å². The fourth-order valence-corrected chi connectivity index (χ4v) is 3.99. The summed E-state index contributed by atoms with van der Waals surface area (Å²) in [5.74, 6) is 1.59. The Bertz CT molecular complexity index is 997. The predicted molar refractivity (Wildman–Crippen MR) is 109 cm³/mol. The number of carbonyl (C=O) groups excluding carboxylic acids is 1. The zero-order chi connectivity index (χ0) is 21.8. The van der Waals surface area contributed by atoms with E-state index in [4.69, 9.17) is 4.52 Å². The van der Waals surface area contributed by atoms with Crippen molar-refractivity contribution in [3.05, 3.63) is 47.3 Å². The monoisotopic (exact) mass is 451 g/mol. The molecule has 1 aliphatic heterocycles. The molecule has 3 aromatic rings. The van der Waals surface area contributed by atoms with Gasteiger partial charge in [-0.1, -0.05) is 11.2 Å². The third-order valence-corrected chi connectivity index (χ3v) is 5.89. The van der Waals surface area contributed by atoms with Gasteiger partial charge in [-0.2, -0.15) is 18.2 Å². The van der Waals surface area contributed by atoms with Gasteiger partial charge in [0, 0.05) is 45.2 Å². The van der Waals surface area contributed by atoms with Gasteiger partial charge < -0.3 is 14.3 Å². The summed E-state index contributed by atoms with van der Waals surface area (Å²) < 4.78 is 43.2. The fourth-order valence-electron chi connectivity index (χ4n) is 3.34. The number of carbonyl (C=O) groups is 1. The highest BCUT2D eigenvalue weighted by Gasteiger charge is 2.31. The second-order valence-electron chi connectivity index (χ2n) is 7.11. The molecule has 1 fully saturated rings. The molecular formula is C20H20F3N5O2S. The van der Waals surface area contributed by atoms with E-state index in [-0.39, 0.29) is 5.91 Å². The number of hydrogen-bond acceptors (Lipinski definition) is 7. The lowest BCUT2D eigenvalue weighted by Gasteiger charge is -2.35. The molecule has 0 saturated carbocycles. The summed E-state index contributed by atoms with van der Waals surface area (Å²) in [4.78, 5) is 25.3. The maximum absolute atomic E-state index is 12.7. The van der Waals surface area contributed by atoms with Crippen molar-refractivity contribution in [1.29, 1.82) is 0 Å². The van der Waals surface area contributed by atoms with Crippen LogP contribution in [-0.4, -0.2) is 52.1 Å². The number of alkyl halides is 3. The van der Waals surface area contributed by atoms with Gasteiger partial charge in [0.15, 0.2) is 0 Å². The number of halogens is 3. The van der Waals surface area contributed by atoms with Gasteiger partial charge in [0.25, 0.3) is 0 Å². The minimum atomic E-state index is -4.40. The van der Waals surface area contributed by atoms with Crippen molar-refractivity contribution in [3.63, 3.8) is 0 Å². The number of rotatable bonds is 6. The second-order valence-corrected chi connectivity index (χ2v) is 8.06. The molecule has 4 rings (SSSR count). The largest absolute Gasteiger partial charge is 0.417 e. The number of nitrogens with zero attached hydrogens (tertiary/aromatic N) is 5. The molecule has 11 heteroatoms. The molecule has 0 aliphatic carbocycles. The summed E-state index contributed by atoms with van der Waals surface area (Å²) in [6, 6.07) is 6.24. The van der Waals surface area contributed by atoms with Crippen LogP contribution in [-0.2, 0) is 17.4 Å². The first-order valence-electron chi connectivity index (χ1n) is 9.82. The van der Waals surface area contributed by atoms with E-state index in [1.807, 2.05) is 22.4 Å². The van der Waals surface area contributed by atoms with Crippen molar-refractivity contribution in [3.8, 4) is 10.7 Å². The normalized spacial score (nSPS) is 14.8. The minimum Gasteiger partial charge on any atom is -0.353 e. The highest BCUT2D eigenvalue weighted by Crippen LogP contribution is 2.29. The van der Waals surface area contributed by atoms with Crippen LogP contribution in [0.1, 0.15) is 24.3 Å². The van der Waals surface area contributed by atoms with E-state index >= 15 is 0 Å². The topological polar surface area (TPSA) is 75.4 Å². The lowest BCUT2D eigenvalue weighted by atomic mass is 10.2. The molecule has 31 heavy (non-hydrogen) atoms. The molecule has 0 spiro atoms. The number of aryl methyl sites for hydroxylation is 1. The smallest absolute Gasteiger partial charge is 0.353 e. The summed E-state index contributed by atoms with van der Waals surface area (Å²) >= 11 is 1.53. The average Bonchev–Trinajstić information content (AvgIpc) is 3.45. The molecule has 0 unspecified atom stereocenters. The van der Waals surface area contributed by atoms with Crippen molar-refractivity contribution in [2.24, 2.45) is 0 Å². The molecule has 7 nitrogen and oxygen atoms in total. The van der Waals surface area contributed by atoms with Crippen molar-refractivity contribution >= 4 is 23.1 Å². The SMILES string of the molecule is O=C(CCCc1nc(-c2cccs2)no1)N1CCN(c2ccc(C(F)(F)F)cn2)CC1. The summed E-state index contributed by atoms with van der Waals surface area (Å²) in [5.41, 5.74) is -0.770. The van der Waals surface area contributed by atoms with Gasteiger partial charge in [0.05, 0.1) is 10.4 Å². The van der Waals surface area contributed by atoms with Crippen LogP contribution in [0.5, 0.6) is 0 Å². The van der Waals surface area contributed by atoms with Gasteiger partial charge in [-0.3, -0.25) is 4.79 Å². The minimum absolute atomic E-state index is 0.0398. The first-order chi connectivity index (χ1) is 14.9. The van der Waals surface area contributed by atoms with Crippen LogP contribution in [0.3, 0.4) is 0 Å². The number of amides is 1. The van der Waals surface area contributed by atoms with Crippen LogP contribution >= 0.6 is 11.3 Å². The van der Waals surface area contributed by atoms with Crippen LogP contribution in [0.15, 0.2) is 40.4 Å². The number of aromatic nitrogens is 3. The molecule has 0 aromatic carbocycles. The van der Waals surface area contributed by atoms with Crippen LogP contribution in [0.25, 0.3) is 10.7 Å². The first-order valence-corrected chi connectivity index (χ1v) is 10.7. The van der Waals surface area contributed by atoms with Crippen LogP contribution < -0.4 is 4.90 Å². The number of thiophene rings is 1. The fraction of sp³-hybridized carbons (Fsp3) is 0.400. The average molecular weight is 451 g/mol. The Labute approximate surface area is 180 Å². The maximum atomic E-state index is 12.7. The van der Waals surface area contributed by atoms with Crippen molar-refractivity contribution < 1.29 is 22.5 Å². The van der Waals surface area contributed by atoms with E-state index in [1.54, 1.807) is 4.90 Å². The summed E-state index contributed by atoms with van der Waals surface area (Å²) in [5, 5.41) is 5.90. The van der Waals surface area contributed by atoms with E-state index < -0.39 is 11.7 Å². The first kappa shape index (κ1) is 21.3. The van der Waals surface area contributed by atoms with E-state index in [1.165, 1.54) is 17.4 Å². The Morgan fingerprint density at radius 2 is 1.97 bits per heavy atom.